The normalized spacial score (nSPS) is 21.8. The highest BCUT2D eigenvalue weighted by Gasteiger charge is 2.32. The van der Waals surface area contributed by atoms with E-state index in [9.17, 15) is 4.79 Å². The molecule has 18 heavy (non-hydrogen) atoms. The zero-order valence-electron chi connectivity index (χ0n) is 10.4. The van der Waals surface area contributed by atoms with Crippen molar-refractivity contribution in [3.05, 3.63) is 34.3 Å². The minimum absolute atomic E-state index is 0.0839. The van der Waals surface area contributed by atoms with Crippen LogP contribution in [0, 0.1) is 0 Å². The van der Waals surface area contributed by atoms with Gasteiger partial charge in [0.05, 0.1) is 6.61 Å². The van der Waals surface area contributed by atoms with Crippen molar-refractivity contribution >= 4 is 21.8 Å². The Hall–Kier alpha value is -0.910. The molecule has 0 radical (unpaired) electrons. The van der Waals surface area contributed by atoms with Crippen molar-refractivity contribution < 1.29 is 14.3 Å². The van der Waals surface area contributed by atoms with Gasteiger partial charge in [-0.05, 0) is 38.1 Å². The number of hydrogen-bond acceptors (Lipinski definition) is 3. The molecule has 0 bridgehead atoms. The van der Waals surface area contributed by atoms with Crippen LogP contribution < -0.4 is 5.32 Å². The molecule has 1 atom stereocenters. The van der Waals surface area contributed by atoms with E-state index in [2.05, 4.69) is 21.2 Å². The third-order valence-electron chi connectivity index (χ3n) is 2.66. The van der Waals surface area contributed by atoms with Gasteiger partial charge in [0, 0.05) is 16.6 Å². The van der Waals surface area contributed by atoms with Gasteiger partial charge in [-0.2, -0.15) is 0 Å². The summed E-state index contributed by atoms with van der Waals surface area (Å²) in [5.41, 5.74) is 0.636. The molecule has 1 aliphatic rings. The second-order valence-corrected chi connectivity index (χ2v) is 5.58. The average molecular weight is 314 g/mol. The predicted molar refractivity (Wildman–Crippen MR) is 71.4 cm³/mol. The third kappa shape index (κ3) is 3.54. The van der Waals surface area contributed by atoms with Crippen LogP contribution in [0.1, 0.15) is 24.2 Å². The van der Waals surface area contributed by atoms with E-state index in [1.807, 2.05) is 26.0 Å². The van der Waals surface area contributed by atoms with Crippen LogP contribution in [0.3, 0.4) is 0 Å². The number of halogens is 1. The molecule has 98 valence electrons. The number of nitrogens with one attached hydrogen (secondary N) is 1. The quantitative estimate of drug-likeness (QED) is 0.931. The summed E-state index contributed by atoms with van der Waals surface area (Å²) in [4.78, 5) is 11.9. The molecule has 5 heteroatoms. The molecule has 0 aliphatic carbocycles. The molecule has 2 rings (SSSR count). The van der Waals surface area contributed by atoms with Gasteiger partial charge < -0.3 is 14.8 Å². The summed E-state index contributed by atoms with van der Waals surface area (Å²) in [7, 11) is 0. The van der Waals surface area contributed by atoms with Crippen LogP contribution in [0.4, 0.5) is 0 Å². The van der Waals surface area contributed by atoms with Gasteiger partial charge in [0.15, 0.2) is 5.79 Å². The van der Waals surface area contributed by atoms with Crippen LogP contribution in [0.15, 0.2) is 28.7 Å². The fourth-order valence-corrected chi connectivity index (χ4v) is 2.04. The molecule has 1 aromatic carbocycles. The summed E-state index contributed by atoms with van der Waals surface area (Å²) in [6, 6.07) is 7.23. The van der Waals surface area contributed by atoms with Gasteiger partial charge >= 0.3 is 0 Å². The molecular formula is C13H16BrNO3. The second kappa shape index (κ2) is 5.38. The first kappa shape index (κ1) is 13.5. The molecule has 4 nitrogen and oxygen atoms in total. The Balaban J connectivity index is 1.84. The zero-order valence-corrected chi connectivity index (χ0v) is 12.0. The Morgan fingerprint density at radius 1 is 1.44 bits per heavy atom. The maximum absolute atomic E-state index is 11.9. The van der Waals surface area contributed by atoms with Crippen molar-refractivity contribution in [2.75, 3.05) is 13.2 Å². The predicted octanol–water partition coefficient (Wildman–Crippen LogP) is 2.33. The number of carbonyl (C=O) groups excluding carboxylic acids is 1. The Morgan fingerprint density at radius 2 is 2.11 bits per heavy atom. The Labute approximate surface area is 115 Å². The van der Waals surface area contributed by atoms with Gasteiger partial charge in [-0.1, -0.05) is 15.9 Å². The van der Waals surface area contributed by atoms with Crippen LogP contribution in [-0.4, -0.2) is 30.9 Å². The van der Waals surface area contributed by atoms with Gasteiger partial charge in [-0.25, -0.2) is 0 Å². The maximum atomic E-state index is 11.9. The highest BCUT2D eigenvalue weighted by Crippen LogP contribution is 2.21. The lowest BCUT2D eigenvalue weighted by molar-refractivity contribution is -0.137. The number of benzene rings is 1. The lowest BCUT2D eigenvalue weighted by Gasteiger charge is -2.17. The molecule has 1 fully saturated rings. The van der Waals surface area contributed by atoms with E-state index in [1.54, 1.807) is 12.1 Å². The van der Waals surface area contributed by atoms with Crippen LogP contribution in [0.25, 0.3) is 0 Å². The number of ether oxygens (including phenoxy) is 2. The highest BCUT2D eigenvalue weighted by molar-refractivity contribution is 9.10. The van der Waals surface area contributed by atoms with Crippen molar-refractivity contribution in [1.82, 2.24) is 5.32 Å². The lowest BCUT2D eigenvalue weighted by Crippen LogP contribution is -2.34. The first-order valence-electron chi connectivity index (χ1n) is 5.82. The molecule has 0 aromatic heterocycles. The molecule has 1 unspecified atom stereocenters. The van der Waals surface area contributed by atoms with Crippen LogP contribution in [0.5, 0.6) is 0 Å². The van der Waals surface area contributed by atoms with Gasteiger partial charge in [0.1, 0.15) is 6.10 Å². The van der Waals surface area contributed by atoms with Crippen molar-refractivity contribution in [3.63, 3.8) is 0 Å². The molecule has 0 spiro atoms. The summed E-state index contributed by atoms with van der Waals surface area (Å²) in [5, 5.41) is 2.84. The van der Waals surface area contributed by atoms with Crippen molar-refractivity contribution in [3.8, 4) is 0 Å². The zero-order chi connectivity index (χ0) is 13.2. The van der Waals surface area contributed by atoms with E-state index in [-0.39, 0.29) is 12.0 Å². The number of hydrogen-bond donors (Lipinski definition) is 1. The molecule has 1 N–H and O–H groups in total. The van der Waals surface area contributed by atoms with Gasteiger partial charge in [-0.15, -0.1) is 0 Å². The van der Waals surface area contributed by atoms with Crippen molar-refractivity contribution in [2.24, 2.45) is 0 Å². The second-order valence-electron chi connectivity index (χ2n) is 4.67. The minimum Gasteiger partial charge on any atom is -0.349 e. The summed E-state index contributed by atoms with van der Waals surface area (Å²) in [6.07, 6.45) is -0.0839. The lowest BCUT2D eigenvalue weighted by atomic mass is 10.2. The van der Waals surface area contributed by atoms with Crippen LogP contribution in [0.2, 0.25) is 0 Å². The number of rotatable bonds is 3. The van der Waals surface area contributed by atoms with E-state index in [0.717, 1.165) is 4.47 Å². The van der Waals surface area contributed by atoms with E-state index in [0.29, 0.717) is 18.7 Å². The summed E-state index contributed by atoms with van der Waals surface area (Å²) in [5.74, 6) is -0.650. The van der Waals surface area contributed by atoms with Gasteiger partial charge in [-0.3, -0.25) is 4.79 Å². The highest BCUT2D eigenvalue weighted by atomic mass is 79.9. The Morgan fingerprint density at radius 3 is 2.67 bits per heavy atom. The Kier molecular flexibility index (Phi) is 4.04. The van der Waals surface area contributed by atoms with Crippen molar-refractivity contribution in [2.45, 2.75) is 25.7 Å². The number of carbonyl (C=O) groups is 1. The van der Waals surface area contributed by atoms with Gasteiger partial charge in [0.25, 0.3) is 5.91 Å². The molecule has 1 saturated heterocycles. The molecule has 1 aliphatic heterocycles. The molecule has 0 saturated carbocycles. The summed E-state index contributed by atoms with van der Waals surface area (Å²) < 4.78 is 12.0. The number of amides is 1. The van der Waals surface area contributed by atoms with E-state index in [1.165, 1.54) is 0 Å². The van der Waals surface area contributed by atoms with Crippen LogP contribution >= 0.6 is 15.9 Å². The van der Waals surface area contributed by atoms with E-state index < -0.39 is 5.79 Å². The van der Waals surface area contributed by atoms with Crippen molar-refractivity contribution in [1.29, 1.82) is 0 Å². The fourth-order valence-electron chi connectivity index (χ4n) is 1.77. The minimum atomic E-state index is -0.549. The molecular weight excluding hydrogens is 298 g/mol. The Bertz CT molecular complexity index is 430. The van der Waals surface area contributed by atoms with E-state index in [4.69, 9.17) is 9.47 Å². The molecule has 1 heterocycles. The molecule has 1 amide bonds. The smallest absolute Gasteiger partial charge is 0.251 e. The van der Waals surface area contributed by atoms with Crippen LogP contribution in [-0.2, 0) is 9.47 Å². The first-order valence-corrected chi connectivity index (χ1v) is 6.61. The molecule has 1 aromatic rings. The topological polar surface area (TPSA) is 47.6 Å². The summed E-state index contributed by atoms with van der Waals surface area (Å²) in [6.45, 7) is 4.69. The van der Waals surface area contributed by atoms with E-state index >= 15 is 0 Å². The third-order valence-corrected chi connectivity index (χ3v) is 3.19. The standard InChI is InChI=1S/C13H16BrNO3/c1-13(2)17-8-11(18-13)7-15-12(16)9-3-5-10(14)6-4-9/h3-6,11H,7-8H2,1-2H3,(H,15,16). The first-order chi connectivity index (χ1) is 8.46. The monoisotopic (exact) mass is 313 g/mol. The SMILES string of the molecule is CC1(C)OCC(CNC(=O)c2ccc(Br)cc2)O1. The largest absolute Gasteiger partial charge is 0.349 e. The average Bonchev–Trinajstić information content (AvgIpc) is 2.67. The fraction of sp³-hybridized carbons (Fsp3) is 0.462. The summed E-state index contributed by atoms with van der Waals surface area (Å²) >= 11 is 3.33. The maximum Gasteiger partial charge on any atom is 0.251 e. The van der Waals surface area contributed by atoms with Gasteiger partial charge in [0.2, 0.25) is 0 Å².